The normalized spacial score (nSPS) is 10.4. The van der Waals surface area contributed by atoms with Crippen molar-refractivity contribution in [1.82, 2.24) is 15.1 Å². The monoisotopic (exact) mass is 302 g/mol. The van der Waals surface area contributed by atoms with Crippen LogP contribution < -0.4 is 10.6 Å². The first kappa shape index (κ1) is 15.5. The topological polar surface area (TPSA) is 41.9 Å². The molecule has 5 heteroatoms. The number of hydrogen-bond donors (Lipinski definition) is 2. The van der Waals surface area contributed by atoms with Crippen LogP contribution in [-0.2, 0) is 6.54 Å². The Labute approximate surface area is 131 Å². The highest BCUT2D eigenvalue weighted by Crippen LogP contribution is 2.16. The minimum Gasteiger partial charge on any atom is -0.362 e. The Morgan fingerprint density at radius 3 is 2.76 bits per heavy atom. The first-order chi connectivity index (χ1) is 10.1. The fraction of sp³-hybridized carbons (Fsp3) is 0.375. The van der Waals surface area contributed by atoms with Gasteiger partial charge in [-0.1, -0.05) is 12.1 Å². The van der Waals surface area contributed by atoms with Gasteiger partial charge >= 0.3 is 0 Å². The van der Waals surface area contributed by atoms with Crippen LogP contribution >= 0.6 is 12.2 Å². The van der Waals surface area contributed by atoms with Crippen molar-refractivity contribution in [2.45, 2.75) is 33.7 Å². The lowest BCUT2D eigenvalue weighted by atomic mass is 10.1. The van der Waals surface area contributed by atoms with Crippen LogP contribution in [0.5, 0.6) is 0 Å². The standard InChI is InChI=1S/C16H22N4S/c1-12-5-6-13(2)15(11-12)19-16(21)17-8-4-10-20-14(3)7-9-18-20/h5-7,9,11H,4,8,10H2,1-3H3,(H2,17,19,21). The molecular weight excluding hydrogens is 280 g/mol. The van der Waals surface area contributed by atoms with Gasteiger partial charge in [-0.2, -0.15) is 5.10 Å². The predicted octanol–water partition coefficient (Wildman–Crippen LogP) is 3.19. The number of nitrogens with one attached hydrogen (secondary N) is 2. The summed E-state index contributed by atoms with van der Waals surface area (Å²) >= 11 is 5.33. The fourth-order valence-electron chi connectivity index (χ4n) is 2.10. The third-order valence-corrected chi connectivity index (χ3v) is 3.65. The van der Waals surface area contributed by atoms with Crippen LogP contribution in [0.1, 0.15) is 23.2 Å². The van der Waals surface area contributed by atoms with Gasteiger partial charge in [-0.25, -0.2) is 0 Å². The molecule has 0 saturated heterocycles. The molecule has 2 rings (SSSR count). The average molecular weight is 302 g/mol. The van der Waals surface area contributed by atoms with Gasteiger partial charge in [0.05, 0.1) is 0 Å². The molecule has 2 aromatic rings. The summed E-state index contributed by atoms with van der Waals surface area (Å²) in [5, 5.41) is 11.4. The molecule has 0 atom stereocenters. The zero-order chi connectivity index (χ0) is 15.2. The molecule has 0 saturated carbocycles. The summed E-state index contributed by atoms with van der Waals surface area (Å²) in [6, 6.07) is 8.32. The summed E-state index contributed by atoms with van der Waals surface area (Å²) in [6.45, 7) is 7.94. The SMILES string of the molecule is Cc1ccc(C)c(NC(=S)NCCCn2nccc2C)c1. The molecule has 0 amide bonds. The van der Waals surface area contributed by atoms with E-state index in [0.29, 0.717) is 5.11 Å². The number of benzene rings is 1. The average Bonchev–Trinajstić information content (AvgIpc) is 2.84. The number of rotatable bonds is 5. The molecule has 21 heavy (non-hydrogen) atoms. The molecule has 0 aliphatic rings. The van der Waals surface area contributed by atoms with E-state index in [-0.39, 0.29) is 0 Å². The molecule has 0 spiro atoms. The van der Waals surface area contributed by atoms with Crippen molar-refractivity contribution >= 4 is 23.0 Å². The van der Waals surface area contributed by atoms with E-state index >= 15 is 0 Å². The van der Waals surface area contributed by atoms with Crippen molar-refractivity contribution in [1.29, 1.82) is 0 Å². The van der Waals surface area contributed by atoms with Gasteiger partial charge in [0.25, 0.3) is 0 Å². The van der Waals surface area contributed by atoms with Crippen LogP contribution in [0.2, 0.25) is 0 Å². The highest BCUT2D eigenvalue weighted by Gasteiger charge is 2.02. The van der Waals surface area contributed by atoms with Crippen molar-refractivity contribution in [2.75, 3.05) is 11.9 Å². The fourth-order valence-corrected chi connectivity index (χ4v) is 2.31. The lowest BCUT2D eigenvalue weighted by Gasteiger charge is -2.13. The molecule has 0 aliphatic carbocycles. The van der Waals surface area contributed by atoms with Crippen molar-refractivity contribution in [3.63, 3.8) is 0 Å². The van der Waals surface area contributed by atoms with E-state index < -0.39 is 0 Å². The van der Waals surface area contributed by atoms with E-state index in [9.17, 15) is 0 Å². The molecule has 0 aliphatic heterocycles. The van der Waals surface area contributed by atoms with Crippen LogP contribution in [0.4, 0.5) is 5.69 Å². The molecule has 1 aromatic carbocycles. The highest BCUT2D eigenvalue weighted by atomic mass is 32.1. The van der Waals surface area contributed by atoms with E-state index in [4.69, 9.17) is 12.2 Å². The number of aryl methyl sites for hydroxylation is 4. The number of thiocarbonyl (C=S) groups is 1. The number of aromatic nitrogens is 2. The molecule has 0 radical (unpaired) electrons. The molecule has 0 bridgehead atoms. The summed E-state index contributed by atoms with van der Waals surface area (Å²) < 4.78 is 2.00. The van der Waals surface area contributed by atoms with E-state index in [1.54, 1.807) is 0 Å². The molecule has 112 valence electrons. The Morgan fingerprint density at radius 2 is 2.05 bits per heavy atom. The first-order valence-corrected chi connectivity index (χ1v) is 7.57. The molecule has 0 fully saturated rings. The second-order valence-corrected chi connectivity index (χ2v) is 5.66. The number of nitrogens with zero attached hydrogens (tertiary/aromatic N) is 2. The summed E-state index contributed by atoms with van der Waals surface area (Å²) in [6.07, 6.45) is 2.81. The van der Waals surface area contributed by atoms with Gasteiger partial charge in [0.1, 0.15) is 0 Å². The Bertz CT molecular complexity index is 618. The summed E-state index contributed by atoms with van der Waals surface area (Å²) in [7, 11) is 0. The van der Waals surface area contributed by atoms with E-state index in [2.05, 4.69) is 54.7 Å². The van der Waals surface area contributed by atoms with Crippen molar-refractivity contribution in [3.8, 4) is 0 Å². The van der Waals surface area contributed by atoms with Gasteiger partial charge < -0.3 is 10.6 Å². The zero-order valence-corrected chi connectivity index (χ0v) is 13.6. The molecule has 2 N–H and O–H groups in total. The van der Waals surface area contributed by atoms with E-state index in [1.807, 2.05) is 16.9 Å². The lowest BCUT2D eigenvalue weighted by molar-refractivity contribution is 0.561. The van der Waals surface area contributed by atoms with Gasteiger partial charge in [-0.15, -0.1) is 0 Å². The summed E-state index contributed by atoms with van der Waals surface area (Å²) in [4.78, 5) is 0. The van der Waals surface area contributed by atoms with Gasteiger partial charge in [0.2, 0.25) is 0 Å². The molecule has 1 aromatic heterocycles. The van der Waals surface area contributed by atoms with Crippen molar-refractivity contribution in [2.24, 2.45) is 0 Å². The van der Waals surface area contributed by atoms with Crippen LogP contribution in [0.3, 0.4) is 0 Å². The maximum atomic E-state index is 5.33. The van der Waals surface area contributed by atoms with Gasteiger partial charge in [-0.05, 0) is 62.7 Å². The zero-order valence-electron chi connectivity index (χ0n) is 12.8. The van der Waals surface area contributed by atoms with E-state index in [1.165, 1.54) is 16.8 Å². The molecule has 0 unspecified atom stereocenters. The first-order valence-electron chi connectivity index (χ1n) is 7.17. The van der Waals surface area contributed by atoms with Gasteiger partial charge in [0.15, 0.2) is 5.11 Å². The third-order valence-electron chi connectivity index (χ3n) is 3.40. The maximum absolute atomic E-state index is 5.33. The van der Waals surface area contributed by atoms with Crippen molar-refractivity contribution < 1.29 is 0 Å². The van der Waals surface area contributed by atoms with Crippen LogP contribution in [0, 0.1) is 20.8 Å². The number of anilines is 1. The largest absolute Gasteiger partial charge is 0.362 e. The Balaban J connectivity index is 1.75. The van der Waals surface area contributed by atoms with Crippen LogP contribution in [0.15, 0.2) is 30.5 Å². The Hall–Kier alpha value is -1.88. The minimum absolute atomic E-state index is 0.667. The Kier molecular flexibility index (Phi) is 5.33. The minimum atomic E-state index is 0.667. The number of hydrogen-bond acceptors (Lipinski definition) is 2. The quantitative estimate of drug-likeness (QED) is 0.657. The van der Waals surface area contributed by atoms with Gasteiger partial charge in [0, 0.05) is 30.7 Å². The second kappa shape index (κ2) is 7.22. The highest BCUT2D eigenvalue weighted by molar-refractivity contribution is 7.80. The lowest BCUT2D eigenvalue weighted by Crippen LogP contribution is -2.30. The van der Waals surface area contributed by atoms with Crippen LogP contribution in [0.25, 0.3) is 0 Å². The molecule has 4 nitrogen and oxygen atoms in total. The summed E-state index contributed by atoms with van der Waals surface area (Å²) in [5.74, 6) is 0. The predicted molar refractivity (Wildman–Crippen MR) is 91.7 cm³/mol. The van der Waals surface area contributed by atoms with Crippen LogP contribution in [-0.4, -0.2) is 21.4 Å². The summed E-state index contributed by atoms with van der Waals surface area (Å²) in [5.41, 5.74) is 4.67. The second-order valence-electron chi connectivity index (χ2n) is 5.25. The third kappa shape index (κ3) is 4.56. The van der Waals surface area contributed by atoms with Crippen molar-refractivity contribution in [3.05, 3.63) is 47.3 Å². The van der Waals surface area contributed by atoms with E-state index in [0.717, 1.165) is 25.2 Å². The molecular formula is C16H22N4S. The smallest absolute Gasteiger partial charge is 0.170 e. The van der Waals surface area contributed by atoms with Gasteiger partial charge in [-0.3, -0.25) is 4.68 Å². The Morgan fingerprint density at radius 1 is 1.24 bits per heavy atom. The molecule has 1 heterocycles. The maximum Gasteiger partial charge on any atom is 0.170 e.